The third kappa shape index (κ3) is 2.81. The van der Waals surface area contributed by atoms with E-state index >= 15 is 0 Å². The molecule has 0 spiro atoms. The number of methoxy groups -OCH3 is 1. The Morgan fingerprint density at radius 3 is 3.05 bits per heavy atom. The van der Waals surface area contributed by atoms with Gasteiger partial charge in [0.2, 0.25) is 0 Å². The summed E-state index contributed by atoms with van der Waals surface area (Å²) in [6.07, 6.45) is 1.23. The van der Waals surface area contributed by atoms with Crippen LogP contribution in [-0.4, -0.2) is 13.2 Å². The quantitative estimate of drug-likeness (QED) is 0.915. The number of nitrogens with one attached hydrogen (secondary N) is 1. The van der Waals surface area contributed by atoms with Gasteiger partial charge in [-0.1, -0.05) is 0 Å². The first-order valence-corrected chi connectivity index (χ1v) is 7.79. The van der Waals surface area contributed by atoms with Gasteiger partial charge in [-0.25, -0.2) is 0 Å². The predicted molar refractivity (Wildman–Crippen MR) is 81.7 cm³/mol. The van der Waals surface area contributed by atoms with Gasteiger partial charge < -0.3 is 14.8 Å². The molecular formula is C16H19NO2S. The molecule has 1 aromatic heterocycles. The highest BCUT2D eigenvalue weighted by atomic mass is 32.1. The fraction of sp³-hybridized carbons (Fsp3) is 0.375. The van der Waals surface area contributed by atoms with E-state index in [2.05, 4.69) is 41.2 Å². The van der Waals surface area contributed by atoms with E-state index in [4.69, 9.17) is 9.47 Å². The summed E-state index contributed by atoms with van der Waals surface area (Å²) < 4.78 is 11.3. The van der Waals surface area contributed by atoms with Crippen molar-refractivity contribution in [2.75, 3.05) is 7.11 Å². The summed E-state index contributed by atoms with van der Waals surface area (Å²) in [5.41, 5.74) is 3.71. The maximum atomic E-state index is 5.82. The van der Waals surface area contributed by atoms with Gasteiger partial charge in [0.25, 0.3) is 0 Å². The number of hydrogen-bond donors (Lipinski definition) is 1. The van der Waals surface area contributed by atoms with Gasteiger partial charge in [0.1, 0.15) is 17.6 Å². The highest BCUT2D eigenvalue weighted by Crippen LogP contribution is 2.34. The molecule has 0 radical (unpaired) electrons. The van der Waals surface area contributed by atoms with Crippen LogP contribution >= 0.6 is 11.3 Å². The van der Waals surface area contributed by atoms with Gasteiger partial charge in [-0.2, -0.15) is 11.3 Å². The lowest BCUT2D eigenvalue weighted by molar-refractivity contribution is 0.254. The second-order valence-electron chi connectivity index (χ2n) is 5.14. The summed E-state index contributed by atoms with van der Waals surface area (Å²) in [5, 5.41) is 7.72. The molecule has 1 unspecified atom stereocenters. The Bertz CT molecular complexity index is 580. The van der Waals surface area contributed by atoms with E-state index in [1.54, 1.807) is 18.4 Å². The Kier molecular flexibility index (Phi) is 3.94. The Hall–Kier alpha value is -1.52. The van der Waals surface area contributed by atoms with Crippen LogP contribution in [0.15, 0.2) is 29.0 Å². The van der Waals surface area contributed by atoms with Crippen LogP contribution in [0.1, 0.15) is 23.6 Å². The van der Waals surface area contributed by atoms with Gasteiger partial charge in [0.05, 0.1) is 7.11 Å². The lowest BCUT2D eigenvalue weighted by Gasteiger charge is -2.11. The number of benzene rings is 1. The molecule has 0 saturated heterocycles. The molecule has 0 saturated carbocycles. The first kappa shape index (κ1) is 13.5. The van der Waals surface area contributed by atoms with Crippen molar-refractivity contribution in [3.05, 3.63) is 45.6 Å². The van der Waals surface area contributed by atoms with Gasteiger partial charge in [0.15, 0.2) is 0 Å². The predicted octanol–water partition coefficient (Wildman–Crippen LogP) is 3.37. The molecule has 0 fully saturated rings. The molecule has 1 aromatic carbocycles. The first-order valence-electron chi connectivity index (χ1n) is 6.84. The maximum absolute atomic E-state index is 5.82. The van der Waals surface area contributed by atoms with Gasteiger partial charge in [-0.05, 0) is 41.4 Å². The third-order valence-corrected chi connectivity index (χ3v) is 4.26. The molecule has 0 aliphatic carbocycles. The fourth-order valence-corrected chi connectivity index (χ4v) is 3.21. The van der Waals surface area contributed by atoms with Gasteiger partial charge >= 0.3 is 0 Å². The van der Waals surface area contributed by atoms with E-state index in [1.807, 2.05) is 0 Å². The van der Waals surface area contributed by atoms with E-state index in [-0.39, 0.29) is 6.10 Å². The minimum Gasteiger partial charge on any atom is -0.496 e. The van der Waals surface area contributed by atoms with Crippen LogP contribution in [0.5, 0.6) is 11.5 Å². The van der Waals surface area contributed by atoms with Crippen molar-refractivity contribution in [2.45, 2.75) is 32.5 Å². The van der Waals surface area contributed by atoms with Crippen molar-refractivity contribution in [3.8, 4) is 11.5 Å². The zero-order chi connectivity index (χ0) is 13.9. The molecule has 2 heterocycles. The second kappa shape index (κ2) is 5.85. The van der Waals surface area contributed by atoms with Crippen LogP contribution in [0.25, 0.3) is 0 Å². The smallest absolute Gasteiger partial charge is 0.123 e. The third-order valence-electron chi connectivity index (χ3n) is 3.52. The van der Waals surface area contributed by atoms with Crippen LogP contribution in [-0.2, 0) is 19.5 Å². The van der Waals surface area contributed by atoms with Crippen LogP contribution in [0.4, 0.5) is 0 Å². The summed E-state index contributed by atoms with van der Waals surface area (Å²) >= 11 is 1.73. The Morgan fingerprint density at radius 1 is 1.40 bits per heavy atom. The average Bonchev–Trinajstić information content (AvgIpc) is 3.05. The van der Waals surface area contributed by atoms with Crippen molar-refractivity contribution < 1.29 is 9.47 Å². The lowest BCUT2D eigenvalue weighted by Crippen LogP contribution is -2.13. The topological polar surface area (TPSA) is 30.5 Å². The zero-order valence-electron chi connectivity index (χ0n) is 11.8. The molecule has 0 amide bonds. The Morgan fingerprint density at radius 2 is 2.30 bits per heavy atom. The molecule has 1 N–H and O–H groups in total. The normalized spacial score (nSPS) is 16.8. The standard InChI is InChI=1S/C16H19NO2S/c1-11-5-13-6-15(18-2)14(7-16(13)19-11)9-17-8-12-3-4-20-10-12/h3-4,6-7,10-11,17H,5,8-9H2,1-2H3. The minimum atomic E-state index is 0.267. The molecule has 0 bridgehead atoms. The van der Waals surface area contributed by atoms with Gasteiger partial charge in [0, 0.05) is 30.6 Å². The van der Waals surface area contributed by atoms with Crippen molar-refractivity contribution in [2.24, 2.45) is 0 Å². The largest absolute Gasteiger partial charge is 0.496 e. The molecule has 1 aliphatic rings. The summed E-state index contributed by atoms with van der Waals surface area (Å²) in [4.78, 5) is 0. The van der Waals surface area contributed by atoms with Crippen LogP contribution in [0, 0.1) is 0 Å². The summed E-state index contributed by atoms with van der Waals surface area (Å²) in [6, 6.07) is 6.36. The molecular weight excluding hydrogens is 270 g/mol. The average molecular weight is 289 g/mol. The van der Waals surface area contributed by atoms with E-state index in [9.17, 15) is 0 Å². The number of ether oxygens (including phenoxy) is 2. The van der Waals surface area contributed by atoms with Crippen LogP contribution < -0.4 is 14.8 Å². The number of fused-ring (bicyclic) bond motifs is 1. The highest BCUT2D eigenvalue weighted by Gasteiger charge is 2.21. The second-order valence-corrected chi connectivity index (χ2v) is 5.92. The summed E-state index contributed by atoms with van der Waals surface area (Å²) in [6.45, 7) is 3.76. The van der Waals surface area contributed by atoms with Gasteiger partial charge in [-0.3, -0.25) is 0 Å². The molecule has 2 aromatic rings. The van der Waals surface area contributed by atoms with Crippen molar-refractivity contribution in [3.63, 3.8) is 0 Å². The van der Waals surface area contributed by atoms with Crippen molar-refractivity contribution >= 4 is 11.3 Å². The number of thiophene rings is 1. The minimum absolute atomic E-state index is 0.267. The molecule has 4 heteroatoms. The summed E-state index contributed by atoms with van der Waals surface area (Å²) in [7, 11) is 1.73. The van der Waals surface area contributed by atoms with Crippen molar-refractivity contribution in [1.29, 1.82) is 0 Å². The molecule has 106 valence electrons. The Labute approximate surface area is 123 Å². The van der Waals surface area contributed by atoms with Gasteiger partial charge in [-0.15, -0.1) is 0 Å². The molecule has 3 rings (SSSR count). The molecule has 1 atom stereocenters. The number of hydrogen-bond acceptors (Lipinski definition) is 4. The van der Waals surface area contributed by atoms with Crippen molar-refractivity contribution in [1.82, 2.24) is 5.32 Å². The fourth-order valence-electron chi connectivity index (χ4n) is 2.54. The van der Waals surface area contributed by atoms with Crippen LogP contribution in [0.3, 0.4) is 0 Å². The molecule has 1 aliphatic heterocycles. The first-order chi connectivity index (χ1) is 9.76. The Balaban J connectivity index is 1.70. The maximum Gasteiger partial charge on any atom is 0.123 e. The number of rotatable bonds is 5. The SMILES string of the molecule is COc1cc2c(cc1CNCc1ccsc1)OC(C)C2. The monoisotopic (exact) mass is 289 g/mol. The molecule has 20 heavy (non-hydrogen) atoms. The van der Waals surface area contributed by atoms with E-state index < -0.39 is 0 Å². The summed E-state index contributed by atoms with van der Waals surface area (Å²) in [5.74, 6) is 1.95. The van der Waals surface area contributed by atoms with E-state index in [0.717, 1.165) is 36.6 Å². The lowest BCUT2D eigenvalue weighted by atomic mass is 10.1. The zero-order valence-corrected chi connectivity index (χ0v) is 12.6. The molecule has 3 nitrogen and oxygen atoms in total. The van der Waals surface area contributed by atoms with E-state index in [0.29, 0.717) is 0 Å². The highest BCUT2D eigenvalue weighted by molar-refractivity contribution is 7.07. The van der Waals surface area contributed by atoms with Crippen LogP contribution in [0.2, 0.25) is 0 Å². The van der Waals surface area contributed by atoms with E-state index in [1.165, 1.54) is 11.1 Å².